The summed E-state index contributed by atoms with van der Waals surface area (Å²) in [6.45, 7) is 15.0. The Hall–Kier alpha value is 0.314. The van der Waals surface area contributed by atoms with Crippen molar-refractivity contribution in [3.63, 3.8) is 0 Å². The molecule has 0 aromatic carbocycles. The van der Waals surface area contributed by atoms with Gasteiger partial charge in [-0.05, 0) is 18.1 Å². The van der Waals surface area contributed by atoms with Crippen LogP contribution in [0, 0.1) is 18.3 Å². The summed E-state index contributed by atoms with van der Waals surface area (Å²) in [6, 6.07) is 0. The van der Waals surface area contributed by atoms with E-state index in [2.05, 4.69) is 6.92 Å². The quantitative estimate of drug-likeness (QED) is 0.748. The normalized spacial score (nSPS) is 9.94. The zero-order valence-corrected chi connectivity index (χ0v) is 14.4. The molecular formula is C13H25O2Y-. The van der Waals surface area contributed by atoms with Gasteiger partial charge in [0.15, 0.2) is 0 Å². The van der Waals surface area contributed by atoms with Gasteiger partial charge in [0, 0.05) is 44.5 Å². The molecule has 0 saturated carbocycles. The Morgan fingerprint density at radius 2 is 1.56 bits per heavy atom. The van der Waals surface area contributed by atoms with Gasteiger partial charge in [0.05, 0.1) is 0 Å². The number of Topliss-reactive ketones (excluding diaryl/α,β-unsaturated/α-hetero) is 2. The summed E-state index contributed by atoms with van der Waals surface area (Å²) in [6.07, 6.45) is 1.27. The van der Waals surface area contributed by atoms with Gasteiger partial charge in [-0.3, -0.25) is 4.79 Å². The Kier molecular flexibility index (Phi) is 14.1. The predicted molar refractivity (Wildman–Crippen MR) is 64.6 cm³/mol. The average Bonchev–Trinajstić information content (AvgIpc) is 1.99. The number of carbonyl (C=O) groups excluding carboxylic acids is 2. The molecule has 0 atom stereocenters. The van der Waals surface area contributed by atoms with Crippen LogP contribution in [0.5, 0.6) is 0 Å². The van der Waals surface area contributed by atoms with Gasteiger partial charge in [-0.15, -0.1) is 0 Å². The van der Waals surface area contributed by atoms with Gasteiger partial charge in [0.25, 0.3) is 0 Å². The molecule has 0 spiro atoms. The van der Waals surface area contributed by atoms with E-state index >= 15 is 0 Å². The molecule has 0 unspecified atom stereocenters. The first-order valence-corrected chi connectivity index (χ1v) is 5.49. The van der Waals surface area contributed by atoms with E-state index < -0.39 is 0 Å². The second-order valence-electron chi connectivity index (χ2n) is 5.16. The van der Waals surface area contributed by atoms with E-state index in [1.165, 1.54) is 0 Å². The molecule has 0 rings (SSSR count). The largest absolute Gasteiger partial charge is 0.339 e. The molecule has 0 fully saturated rings. The van der Waals surface area contributed by atoms with Crippen molar-refractivity contribution in [3.05, 3.63) is 6.92 Å². The van der Waals surface area contributed by atoms with Crippen LogP contribution in [0.15, 0.2) is 0 Å². The van der Waals surface area contributed by atoms with Crippen LogP contribution in [0.2, 0.25) is 0 Å². The third-order valence-corrected chi connectivity index (χ3v) is 1.79. The van der Waals surface area contributed by atoms with Crippen molar-refractivity contribution < 1.29 is 42.3 Å². The summed E-state index contributed by atoms with van der Waals surface area (Å²) in [5, 5.41) is 0. The Morgan fingerprint density at radius 1 is 1.19 bits per heavy atom. The third-order valence-electron chi connectivity index (χ3n) is 1.79. The molecule has 0 aliphatic carbocycles. The van der Waals surface area contributed by atoms with Crippen LogP contribution in [0.25, 0.3) is 0 Å². The SMILES string of the molecule is CCC(=O)C(C)(C)C.[CH2-]C(=O)CC(C)C.[Y]. The molecule has 0 saturated heterocycles. The minimum Gasteiger partial charge on any atom is -0.339 e. The molecule has 0 N–H and O–H groups in total. The van der Waals surface area contributed by atoms with Crippen LogP contribution < -0.4 is 0 Å². The molecule has 2 nitrogen and oxygen atoms in total. The summed E-state index contributed by atoms with van der Waals surface area (Å²) in [5.74, 6) is 0.831. The van der Waals surface area contributed by atoms with Crippen LogP contribution in [0.3, 0.4) is 0 Å². The maximum Gasteiger partial charge on any atom is 0.137 e. The van der Waals surface area contributed by atoms with Crippen LogP contribution in [0.1, 0.15) is 54.4 Å². The molecule has 16 heavy (non-hydrogen) atoms. The van der Waals surface area contributed by atoms with E-state index in [-0.39, 0.29) is 43.9 Å². The number of ketones is 2. The van der Waals surface area contributed by atoms with E-state index in [1.54, 1.807) is 0 Å². The number of hydrogen-bond donors (Lipinski definition) is 0. The molecule has 0 bridgehead atoms. The van der Waals surface area contributed by atoms with Crippen molar-refractivity contribution in [2.24, 2.45) is 11.3 Å². The van der Waals surface area contributed by atoms with E-state index in [9.17, 15) is 9.59 Å². The van der Waals surface area contributed by atoms with Gasteiger partial charge in [-0.25, -0.2) is 0 Å². The first-order chi connectivity index (χ1) is 6.61. The van der Waals surface area contributed by atoms with Crippen molar-refractivity contribution in [2.45, 2.75) is 54.4 Å². The Balaban J connectivity index is -0.000000200. The molecule has 0 heterocycles. The molecule has 3 heteroatoms. The fraction of sp³-hybridized carbons (Fsp3) is 0.769. The summed E-state index contributed by atoms with van der Waals surface area (Å²) >= 11 is 0. The minimum atomic E-state index is -0.130. The van der Waals surface area contributed by atoms with Crippen LogP contribution in [0.4, 0.5) is 0 Å². The first-order valence-electron chi connectivity index (χ1n) is 5.49. The molecule has 0 aliphatic heterocycles. The van der Waals surface area contributed by atoms with Crippen molar-refractivity contribution >= 4 is 11.6 Å². The van der Waals surface area contributed by atoms with E-state index in [4.69, 9.17) is 0 Å². The van der Waals surface area contributed by atoms with E-state index in [0.717, 1.165) is 0 Å². The average molecular weight is 302 g/mol. The van der Waals surface area contributed by atoms with E-state index in [1.807, 2.05) is 41.5 Å². The smallest absolute Gasteiger partial charge is 0.137 e. The fourth-order valence-electron chi connectivity index (χ4n) is 0.986. The summed E-state index contributed by atoms with van der Waals surface area (Å²) in [4.78, 5) is 21.0. The summed E-state index contributed by atoms with van der Waals surface area (Å²) in [5.41, 5.74) is -0.130. The maximum atomic E-state index is 10.8. The van der Waals surface area contributed by atoms with Gasteiger partial charge in [0.2, 0.25) is 0 Å². The first kappa shape index (κ1) is 21.6. The molecule has 93 valence electrons. The van der Waals surface area contributed by atoms with E-state index in [0.29, 0.717) is 24.5 Å². The predicted octanol–water partition coefficient (Wildman–Crippen LogP) is 3.44. The Bertz CT molecular complexity index is 202. The fourth-order valence-corrected chi connectivity index (χ4v) is 0.986. The number of hydrogen-bond acceptors (Lipinski definition) is 2. The van der Waals surface area contributed by atoms with Gasteiger partial charge < -0.3 is 11.7 Å². The third kappa shape index (κ3) is 16.7. The second-order valence-corrected chi connectivity index (χ2v) is 5.16. The zero-order valence-electron chi connectivity index (χ0n) is 11.6. The second kappa shape index (κ2) is 10.5. The zero-order chi connectivity index (χ0) is 12.6. The van der Waals surface area contributed by atoms with Crippen molar-refractivity contribution in [2.75, 3.05) is 0 Å². The van der Waals surface area contributed by atoms with Gasteiger partial charge in [-0.1, -0.05) is 41.5 Å². The summed E-state index contributed by atoms with van der Waals surface area (Å²) < 4.78 is 0. The standard InChI is InChI=1S/C7H14O.C6H11O.Y/c1-5-6(8)7(2,3)4;1-5(2)4-6(3)7;/h5H2,1-4H3;5H,3-4H2,1-2H3;/q;-1;. The molecule has 0 aliphatic rings. The van der Waals surface area contributed by atoms with Crippen molar-refractivity contribution in [1.29, 1.82) is 0 Å². The van der Waals surface area contributed by atoms with Gasteiger partial charge in [-0.2, -0.15) is 0 Å². The molecular weight excluding hydrogens is 277 g/mol. The van der Waals surface area contributed by atoms with Crippen LogP contribution >= 0.6 is 0 Å². The Morgan fingerprint density at radius 3 is 1.56 bits per heavy atom. The van der Waals surface area contributed by atoms with Gasteiger partial charge in [0.1, 0.15) is 5.78 Å². The molecule has 0 amide bonds. The Labute approximate surface area is 126 Å². The minimum absolute atomic E-state index is 0. The topological polar surface area (TPSA) is 34.1 Å². The van der Waals surface area contributed by atoms with Crippen molar-refractivity contribution in [3.8, 4) is 0 Å². The number of rotatable bonds is 3. The molecule has 0 aromatic heterocycles. The van der Waals surface area contributed by atoms with Crippen LogP contribution in [-0.4, -0.2) is 11.6 Å². The summed E-state index contributed by atoms with van der Waals surface area (Å²) in [7, 11) is 0. The molecule has 1 radical (unpaired) electrons. The van der Waals surface area contributed by atoms with Crippen LogP contribution in [-0.2, 0) is 42.3 Å². The monoisotopic (exact) mass is 302 g/mol. The van der Waals surface area contributed by atoms with Crippen molar-refractivity contribution in [1.82, 2.24) is 0 Å². The molecule has 0 aromatic rings. The number of carbonyl (C=O) groups is 2. The maximum absolute atomic E-state index is 10.8. The van der Waals surface area contributed by atoms with Gasteiger partial charge >= 0.3 is 0 Å².